The van der Waals surface area contributed by atoms with Crippen molar-refractivity contribution in [1.82, 2.24) is 20.4 Å². The molecular weight excluding hydrogens is 326 g/mol. The summed E-state index contributed by atoms with van der Waals surface area (Å²) in [6.45, 7) is 10.1. The third-order valence-corrected chi connectivity index (χ3v) is 5.71. The van der Waals surface area contributed by atoms with E-state index in [9.17, 15) is 4.79 Å². The first kappa shape index (κ1) is 21.0. The largest absolute Gasteiger partial charge is 0.355 e. The van der Waals surface area contributed by atoms with Gasteiger partial charge in [-0.1, -0.05) is 32.6 Å². The normalized spacial score (nSPS) is 20.6. The average Bonchev–Trinajstić information content (AvgIpc) is 2.60. The van der Waals surface area contributed by atoms with Crippen molar-refractivity contribution in [2.75, 3.05) is 46.3 Å². The molecule has 2 aliphatic rings. The van der Waals surface area contributed by atoms with Gasteiger partial charge in [-0.25, -0.2) is 0 Å². The van der Waals surface area contributed by atoms with Gasteiger partial charge in [0.1, 0.15) is 0 Å². The highest BCUT2D eigenvalue weighted by atomic mass is 16.2. The Bertz CT molecular complexity index is 441. The Kier molecular flexibility index (Phi) is 9.23. The fourth-order valence-electron chi connectivity index (χ4n) is 3.64. The third kappa shape index (κ3) is 6.78. The average molecular weight is 366 g/mol. The molecule has 1 saturated carbocycles. The number of hydrogen-bond donors (Lipinski definition) is 2. The smallest absolute Gasteiger partial charge is 0.225 e. The molecular formula is C20H39N5O. The maximum atomic E-state index is 12.3. The van der Waals surface area contributed by atoms with Gasteiger partial charge in [-0.15, -0.1) is 0 Å². The minimum Gasteiger partial charge on any atom is -0.355 e. The van der Waals surface area contributed by atoms with Crippen LogP contribution in [-0.2, 0) is 4.79 Å². The van der Waals surface area contributed by atoms with E-state index in [-0.39, 0.29) is 0 Å². The molecule has 1 unspecified atom stereocenters. The van der Waals surface area contributed by atoms with E-state index in [4.69, 9.17) is 0 Å². The fraction of sp³-hybridized carbons (Fsp3) is 0.900. The molecule has 0 aromatic carbocycles. The van der Waals surface area contributed by atoms with E-state index in [1.54, 1.807) is 0 Å². The molecule has 2 fully saturated rings. The Morgan fingerprint density at radius 3 is 2.50 bits per heavy atom. The molecule has 6 nitrogen and oxygen atoms in total. The summed E-state index contributed by atoms with van der Waals surface area (Å²) < 4.78 is 0. The lowest BCUT2D eigenvalue weighted by atomic mass is 9.84. The van der Waals surface area contributed by atoms with E-state index in [0.717, 1.165) is 58.1 Å². The number of piperazine rings is 1. The number of aliphatic imine (C=N–C) groups is 1. The molecule has 2 rings (SSSR count). The van der Waals surface area contributed by atoms with Gasteiger partial charge < -0.3 is 15.5 Å². The zero-order chi connectivity index (χ0) is 18.8. The van der Waals surface area contributed by atoms with E-state index in [1.165, 1.54) is 32.1 Å². The molecule has 150 valence electrons. The van der Waals surface area contributed by atoms with E-state index in [0.29, 0.717) is 17.9 Å². The monoisotopic (exact) mass is 365 g/mol. The topological polar surface area (TPSA) is 60.0 Å². The highest BCUT2D eigenvalue weighted by Gasteiger charge is 2.30. The summed E-state index contributed by atoms with van der Waals surface area (Å²) in [5, 5.41) is 6.90. The van der Waals surface area contributed by atoms with E-state index >= 15 is 0 Å². The van der Waals surface area contributed by atoms with Gasteiger partial charge in [0.2, 0.25) is 5.91 Å². The first-order valence-electron chi connectivity index (χ1n) is 10.6. The molecule has 2 N–H and O–H groups in total. The van der Waals surface area contributed by atoms with Crippen LogP contribution >= 0.6 is 0 Å². The van der Waals surface area contributed by atoms with Crippen LogP contribution < -0.4 is 10.6 Å². The van der Waals surface area contributed by atoms with Gasteiger partial charge >= 0.3 is 0 Å². The number of hydrogen-bond acceptors (Lipinski definition) is 3. The van der Waals surface area contributed by atoms with Crippen LogP contribution in [0.1, 0.15) is 58.8 Å². The predicted octanol–water partition coefficient (Wildman–Crippen LogP) is 2.06. The molecule has 1 amide bonds. The van der Waals surface area contributed by atoms with Gasteiger partial charge in [0.05, 0.1) is 0 Å². The summed E-state index contributed by atoms with van der Waals surface area (Å²) in [5.74, 6) is 1.63. The number of nitrogens with zero attached hydrogens (tertiary/aromatic N) is 3. The molecule has 1 heterocycles. The Morgan fingerprint density at radius 1 is 1.19 bits per heavy atom. The Hall–Kier alpha value is -1.30. The molecule has 0 radical (unpaired) electrons. The number of carbonyl (C=O) groups excluding carboxylic acids is 1. The minimum absolute atomic E-state index is 0.330. The van der Waals surface area contributed by atoms with Gasteiger partial charge in [-0.3, -0.25) is 14.7 Å². The standard InChI is InChI=1S/C20H39N5O/c1-4-5-6-8-17(2)23-20(21-3)22-11-12-24-13-15-25(16-14-24)19(26)18-9-7-10-18/h17-18H,4-16H2,1-3H3,(H2,21,22,23). The van der Waals surface area contributed by atoms with Crippen LogP contribution in [0.25, 0.3) is 0 Å². The number of carbonyl (C=O) groups is 1. The lowest BCUT2D eigenvalue weighted by Crippen LogP contribution is -2.52. The Labute approximate surface area is 159 Å². The van der Waals surface area contributed by atoms with Gasteiger partial charge in [0.15, 0.2) is 5.96 Å². The molecule has 26 heavy (non-hydrogen) atoms. The van der Waals surface area contributed by atoms with Gasteiger partial charge in [-0.2, -0.15) is 0 Å². The second-order valence-electron chi connectivity index (χ2n) is 7.83. The summed E-state index contributed by atoms with van der Waals surface area (Å²) in [6, 6.07) is 0.453. The molecule has 0 bridgehead atoms. The van der Waals surface area contributed by atoms with Crippen LogP contribution in [0.3, 0.4) is 0 Å². The number of amides is 1. The third-order valence-electron chi connectivity index (χ3n) is 5.71. The number of unbranched alkanes of at least 4 members (excludes halogenated alkanes) is 2. The first-order valence-corrected chi connectivity index (χ1v) is 10.6. The highest BCUT2D eigenvalue weighted by molar-refractivity contribution is 5.80. The lowest BCUT2D eigenvalue weighted by Gasteiger charge is -2.38. The summed E-state index contributed by atoms with van der Waals surface area (Å²) in [5.41, 5.74) is 0. The second kappa shape index (κ2) is 11.4. The van der Waals surface area contributed by atoms with E-state index < -0.39 is 0 Å². The second-order valence-corrected chi connectivity index (χ2v) is 7.83. The van der Waals surface area contributed by atoms with Crippen LogP contribution in [0.5, 0.6) is 0 Å². The number of rotatable bonds is 9. The molecule has 0 aromatic heterocycles. The summed E-state index contributed by atoms with van der Waals surface area (Å²) in [6.07, 6.45) is 8.45. The summed E-state index contributed by atoms with van der Waals surface area (Å²) >= 11 is 0. The Morgan fingerprint density at radius 2 is 1.92 bits per heavy atom. The molecule has 1 atom stereocenters. The molecule has 1 aliphatic carbocycles. The van der Waals surface area contributed by atoms with Crippen LogP contribution in [0.15, 0.2) is 4.99 Å². The van der Waals surface area contributed by atoms with Gasteiger partial charge in [0.25, 0.3) is 0 Å². The molecule has 0 aromatic rings. The Balaban J connectivity index is 1.58. The van der Waals surface area contributed by atoms with Crippen molar-refractivity contribution in [1.29, 1.82) is 0 Å². The maximum Gasteiger partial charge on any atom is 0.225 e. The van der Waals surface area contributed by atoms with E-state index in [2.05, 4.69) is 39.3 Å². The van der Waals surface area contributed by atoms with Crippen molar-refractivity contribution in [2.24, 2.45) is 10.9 Å². The zero-order valence-electron chi connectivity index (χ0n) is 17.1. The van der Waals surface area contributed by atoms with Crippen LogP contribution in [-0.4, -0.2) is 74.0 Å². The van der Waals surface area contributed by atoms with Crippen molar-refractivity contribution < 1.29 is 4.79 Å². The molecule has 0 spiro atoms. The number of guanidine groups is 1. The summed E-state index contributed by atoms with van der Waals surface area (Å²) in [7, 11) is 1.83. The molecule has 6 heteroatoms. The van der Waals surface area contributed by atoms with Crippen molar-refractivity contribution in [3.63, 3.8) is 0 Å². The predicted molar refractivity (Wildman–Crippen MR) is 108 cm³/mol. The van der Waals surface area contributed by atoms with Crippen molar-refractivity contribution >= 4 is 11.9 Å². The van der Waals surface area contributed by atoms with Crippen LogP contribution in [0, 0.1) is 5.92 Å². The van der Waals surface area contributed by atoms with Crippen LogP contribution in [0.4, 0.5) is 0 Å². The molecule has 1 aliphatic heterocycles. The SMILES string of the molecule is CCCCCC(C)NC(=NC)NCCN1CCN(C(=O)C2CCC2)CC1. The zero-order valence-corrected chi connectivity index (χ0v) is 17.1. The number of nitrogens with one attached hydrogen (secondary N) is 2. The fourth-order valence-corrected chi connectivity index (χ4v) is 3.64. The summed E-state index contributed by atoms with van der Waals surface area (Å²) in [4.78, 5) is 21.1. The van der Waals surface area contributed by atoms with Crippen LogP contribution in [0.2, 0.25) is 0 Å². The van der Waals surface area contributed by atoms with Crippen molar-refractivity contribution in [3.05, 3.63) is 0 Å². The lowest BCUT2D eigenvalue weighted by molar-refractivity contribution is -0.139. The van der Waals surface area contributed by atoms with E-state index in [1.807, 2.05) is 7.05 Å². The van der Waals surface area contributed by atoms with Gasteiger partial charge in [-0.05, 0) is 26.2 Å². The van der Waals surface area contributed by atoms with Crippen molar-refractivity contribution in [3.8, 4) is 0 Å². The van der Waals surface area contributed by atoms with Gasteiger partial charge in [0, 0.05) is 58.3 Å². The minimum atomic E-state index is 0.330. The quantitative estimate of drug-likeness (QED) is 0.373. The molecule has 1 saturated heterocycles. The first-order chi connectivity index (χ1) is 12.6. The maximum absolute atomic E-state index is 12.3. The van der Waals surface area contributed by atoms with Crippen molar-refractivity contribution in [2.45, 2.75) is 64.8 Å². The highest BCUT2D eigenvalue weighted by Crippen LogP contribution is 2.28.